The number of rotatable bonds is 7. The maximum atomic E-state index is 12.4. The number of hydrogen-bond donors (Lipinski definition) is 1. The molecule has 0 heterocycles. The quantitative estimate of drug-likeness (QED) is 0.463. The molecule has 0 unspecified atom stereocenters. The van der Waals surface area contributed by atoms with Gasteiger partial charge in [0.05, 0.1) is 9.82 Å². The second kappa shape index (κ2) is 7.62. The Balaban J connectivity index is 2.02. The molecule has 2 aromatic rings. The van der Waals surface area contributed by atoms with Gasteiger partial charge in [-0.3, -0.25) is 10.1 Å². The van der Waals surface area contributed by atoms with Crippen LogP contribution in [0.3, 0.4) is 0 Å². The SMILES string of the molecule is Cc1cc(C)cc(OCCNS(=O)(=O)c2cc([N+](=O)[O-])ccc2C)c1. The third-order valence-electron chi connectivity index (χ3n) is 3.53. The highest BCUT2D eigenvalue weighted by Crippen LogP contribution is 2.21. The summed E-state index contributed by atoms with van der Waals surface area (Å²) >= 11 is 0. The molecule has 0 aromatic heterocycles. The van der Waals surface area contributed by atoms with Gasteiger partial charge in [-0.15, -0.1) is 0 Å². The molecule has 0 aliphatic heterocycles. The van der Waals surface area contributed by atoms with Crippen LogP contribution in [0.4, 0.5) is 5.69 Å². The number of nitro benzene ring substituents is 1. The Morgan fingerprint density at radius 2 is 1.72 bits per heavy atom. The first-order valence-corrected chi connectivity index (χ1v) is 9.13. The number of aryl methyl sites for hydroxylation is 3. The molecule has 0 bridgehead atoms. The monoisotopic (exact) mass is 364 g/mol. The van der Waals surface area contributed by atoms with E-state index in [0.29, 0.717) is 11.3 Å². The summed E-state index contributed by atoms with van der Waals surface area (Å²) in [6, 6.07) is 9.50. The number of hydrogen-bond acceptors (Lipinski definition) is 5. The first kappa shape index (κ1) is 18.9. The van der Waals surface area contributed by atoms with E-state index in [1.807, 2.05) is 32.0 Å². The van der Waals surface area contributed by atoms with Crippen molar-refractivity contribution in [1.29, 1.82) is 0 Å². The van der Waals surface area contributed by atoms with Crippen molar-refractivity contribution in [3.05, 3.63) is 63.2 Å². The third-order valence-corrected chi connectivity index (χ3v) is 5.13. The van der Waals surface area contributed by atoms with Crippen LogP contribution >= 0.6 is 0 Å². The average molecular weight is 364 g/mol. The van der Waals surface area contributed by atoms with E-state index in [2.05, 4.69) is 4.72 Å². The van der Waals surface area contributed by atoms with Crippen LogP contribution in [0.15, 0.2) is 41.3 Å². The fraction of sp³-hybridized carbons (Fsp3) is 0.294. The second-order valence-electron chi connectivity index (χ2n) is 5.78. The molecule has 8 heteroatoms. The van der Waals surface area contributed by atoms with Crippen LogP contribution in [0, 0.1) is 30.9 Å². The Kier molecular flexibility index (Phi) is 5.76. The van der Waals surface area contributed by atoms with E-state index in [1.165, 1.54) is 12.1 Å². The standard InChI is InChI=1S/C17H20N2O5S/c1-12-8-13(2)10-16(9-12)24-7-6-18-25(22,23)17-11-15(19(20)21)5-4-14(17)3/h4-5,8-11,18H,6-7H2,1-3H3. The highest BCUT2D eigenvalue weighted by Gasteiger charge is 2.20. The van der Waals surface area contributed by atoms with Crippen LogP contribution in [0.5, 0.6) is 5.75 Å². The van der Waals surface area contributed by atoms with Crippen molar-refractivity contribution in [2.45, 2.75) is 25.7 Å². The molecule has 25 heavy (non-hydrogen) atoms. The predicted octanol–water partition coefficient (Wildman–Crippen LogP) is 2.88. The second-order valence-corrected chi connectivity index (χ2v) is 7.51. The fourth-order valence-electron chi connectivity index (χ4n) is 2.43. The topological polar surface area (TPSA) is 98.5 Å². The molecule has 0 radical (unpaired) electrons. The van der Waals surface area contributed by atoms with Gasteiger partial charge in [-0.1, -0.05) is 12.1 Å². The van der Waals surface area contributed by atoms with Gasteiger partial charge < -0.3 is 4.74 Å². The van der Waals surface area contributed by atoms with Gasteiger partial charge in [0.1, 0.15) is 12.4 Å². The van der Waals surface area contributed by atoms with Crippen LogP contribution in [0.1, 0.15) is 16.7 Å². The molecule has 2 aromatic carbocycles. The van der Waals surface area contributed by atoms with Crippen molar-refractivity contribution in [2.24, 2.45) is 0 Å². The summed E-state index contributed by atoms with van der Waals surface area (Å²) in [5.74, 6) is 0.670. The molecule has 0 amide bonds. The number of nitrogens with zero attached hydrogens (tertiary/aromatic N) is 1. The molecule has 0 saturated carbocycles. The summed E-state index contributed by atoms with van der Waals surface area (Å²) in [5.41, 5.74) is 2.29. The molecule has 0 saturated heterocycles. The van der Waals surface area contributed by atoms with Crippen molar-refractivity contribution in [3.8, 4) is 5.75 Å². The lowest BCUT2D eigenvalue weighted by Crippen LogP contribution is -2.28. The fourth-order valence-corrected chi connectivity index (χ4v) is 3.71. The summed E-state index contributed by atoms with van der Waals surface area (Å²) in [7, 11) is -3.85. The molecule has 0 fully saturated rings. The summed E-state index contributed by atoms with van der Waals surface area (Å²) in [6.45, 7) is 5.69. The molecule has 0 atom stereocenters. The molecular formula is C17H20N2O5S. The van der Waals surface area contributed by atoms with E-state index in [1.54, 1.807) is 6.92 Å². The van der Waals surface area contributed by atoms with E-state index < -0.39 is 14.9 Å². The summed E-state index contributed by atoms with van der Waals surface area (Å²) < 4.78 is 32.7. The van der Waals surface area contributed by atoms with Crippen molar-refractivity contribution >= 4 is 15.7 Å². The highest BCUT2D eigenvalue weighted by atomic mass is 32.2. The minimum absolute atomic E-state index is 0.0530. The van der Waals surface area contributed by atoms with Gasteiger partial charge in [-0.2, -0.15) is 0 Å². The molecule has 7 nitrogen and oxygen atoms in total. The number of non-ortho nitro benzene ring substituents is 1. The lowest BCUT2D eigenvalue weighted by molar-refractivity contribution is -0.385. The number of ether oxygens (including phenoxy) is 1. The maximum absolute atomic E-state index is 12.4. The Bertz CT molecular complexity index is 874. The zero-order valence-corrected chi connectivity index (χ0v) is 15.1. The van der Waals surface area contributed by atoms with E-state index >= 15 is 0 Å². The van der Waals surface area contributed by atoms with Gasteiger partial charge in [-0.05, 0) is 49.6 Å². The van der Waals surface area contributed by atoms with Crippen LogP contribution in [-0.4, -0.2) is 26.5 Å². The van der Waals surface area contributed by atoms with Crippen molar-refractivity contribution in [3.63, 3.8) is 0 Å². The molecule has 0 aliphatic rings. The minimum atomic E-state index is -3.85. The normalized spacial score (nSPS) is 11.3. The Morgan fingerprint density at radius 1 is 1.08 bits per heavy atom. The average Bonchev–Trinajstić information content (AvgIpc) is 2.50. The van der Waals surface area contributed by atoms with E-state index in [0.717, 1.165) is 17.2 Å². The van der Waals surface area contributed by atoms with Gasteiger partial charge in [0, 0.05) is 18.7 Å². The van der Waals surface area contributed by atoms with E-state index in [-0.39, 0.29) is 23.7 Å². The molecule has 2 rings (SSSR count). The molecule has 1 N–H and O–H groups in total. The highest BCUT2D eigenvalue weighted by molar-refractivity contribution is 7.89. The third kappa shape index (κ3) is 5.01. The molecular weight excluding hydrogens is 344 g/mol. The van der Waals surface area contributed by atoms with Crippen LogP contribution < -0.4 is 9.46 Å². The zero-order chi connectivity index (χ0) is 18.6. The molecule has 134 valence electrons. The minimum Gasteiger partial charge on any atom is -0.492 e. The van der Waals surface area contributed by atoms with E-state index in [9.17, 15) is 18.5 Å². The predicted molar refractivity (Wildman–Crippen MR) is 94.4 cm³/mol. The largest absolute Gasteiger partial charge is 0.492 e. The van der Waals surface area contributed by atoms with Crippen LogP contribution in [-0.2, 0) is 10.0 Å². The Morgan fingerprint density at radius 3 is 2.32 bits per heavy atom. The number of nitro groups is 1. The Labute approximate surface area is 146 Å². The van der Waals surface area contributed by atoms with Crippen LogP contribution in [0.2, 0.25) is 0 Å². The van der Waals surface area contributed by atoms with Gasteiger partial charge in [0.2, 0.25) is 10.0 Å². The first-order chi connectivity index (χ1) is 11.7. The lowest BCUT2D eigenvalue weighted by atomic mass is 10.1. The Hall–Kier alpha value is -2.45. The smallest absolute Gasteiger partial charge is 0.270 e. The van der Waals surface area contributed by atoms with Crippen LogP contribution in [0.25, 0.3) is 0 Å². The number of nitrogens with one attached hydrogen (secondary N) is 1. The number of benzene rings is 2. The summed E-state index contributed by atoms with van der Waals surface area (Å²) in [5, 5.41) is 10.8. The molecule has 0 aliphatic carbocycles. The first-order valence-electron chi connectivity index (χ1n) is 7.65. The zero-order valence-electron chi connectivity index (χ0n) is 14.3. The van der Waals surface area contributed by atoms with Crippen molar-refractivity contribution in [1.82, 2.24) is 4.72 Å². The lowest BCUT2D eigenvalue weighted by Gasteiger charge is -2.11. The summed E-state index contributed by atoms with van der Waals surface area (Å²) in [4.78, 5) is 10.1. The van der Waals surface area contributed by atoms with Gasteiger partial charge in [0.25, 0.3) is 5.69 Å². The van der Waals surface area contributed by atoms with Crippen molar-refractivity contribution in [2.75, 3.05) is 13.2 Å². The van der Waals surface area contributed by atoms with E-state index in [4.69, 9.17) is 4.74 Å². The van der Waals surface area contributed by atoms with Gasteiger partial charge >= 0.3 is 0 Å². The van der Waals surface area contributed by atoms with Gasteiger partial charge in [-0.25, -0.2) is 13.1 Å². The maximum Gasteiger partial charge on any atom is 0.270 e. The molecule has 0 spiro atoms. The summed E-state index contributed by atoms with van der Waals surface area (Å²) in [6.07, 6.45) is 0. The van der Waals surface area contributed by atoms with Crippen molar-refractivity contribution < 1.29 is 18.1 Å². The van der Waals surface area contributed by atoms with Gasteiger partial charge in [0.15, 0.2) is 0 Å². The number of sulfonamides is 1.